The molecule has 2 aromatic rings. The maximum absolute atomic E-state index is 13.3. The molecule has 116 valence electrons. The standard InChI is InChI=1S/C18H21FN2O/c1-18(2,14-9-6-10-15(19)11-14)21-17(22)12-16(20)13-7-4-3-5-8-13/h3-11,16H,12,20H2,1-2H3,(H,21,22)/t16-/m0/s1. The first-order valence-electron chi connectivity index (χ1n) is 7.26. The summed E-state index contributed by atoms with van der Waals surface area (Å²) in [5.41, 5.74) is 7.03. The van der Waals surface area contributed by atoms with Crippen molar-refractivity contribution >= 4 is 5.91 Å². The van der Waals surface area contributed by atoms with Crippen LogP contribution < -0.4 is 11.1 Å². The van der Waals surface area contributed by atoms with Gasteiger partial charge in [0.15, 0.2) is 0 Å². The minimum atomic E-state index is -0.657. The van der Waals surface area contributed by atoms with Crippen molar-refractivity contribution in [3.05, 3.63) is 71.5 Å². The van der Waals surface area contributed by atoms with Crippen molar-refractivity contribution in [2.24, 2.45) is 5.73 Å². The monoisotopic (exact) mass is 300 g/mol. The number of nitrogens with one attached hydrogen (secondary N) is 1. The molecule has 1 amide bonds. The summed E-state index contributed by atoms with van der Waals surface area (Å²) in [4.78, 5) is 12.2. The lowest BCUT2D eigenvalue weighted by Crippen LogP contribution is -2.42. The number of benzene rings is 2. The van der Waals surface area contributed by atoms with E-state index in [0.717, 1.165) is 5.56 Å². The lowest BCUT2D eigenvalue weighted by atomic mass is 9.93. The Morgan fingerprint density at radius 3 is 2.50 bits per heavy atom. The number of rotatable bonds is 5. The third-order valence-electron chi connectivity index (χ3n) is 3.63. The van der Waals surface area contributed by atoms with E-state index in [9.17, 15) is 9.18 Å². The van der Waals surface area contributed by atoms with E-state index in [4.69, 9.17) is 5.73 Å². The molecular weight excluding hydrogens is 279 g/mol. The van der Waals surface area contributed by atoms with Gasteiger partial charge in [-0.15, -0.1) is 0 Å². The van der Waals surface area contributed by atoms with Crippen LogP contribution in [0.5, 0.6) is 0 Å². The fourth-order valence-electron chi connectivity index (χ4n) is 2.37. The Morgan fingerprint density at radius 1 is 1.18 bits per heavy atom. The summed E-state index contributed by atoms with van der Waals surface area (Å²) < 4.78 is 13.3. The third-order valence-corrected chi connectivity index (χ3v) is 3.63. The summed E-state index contributed by atoms with van der Waals surface area (Å²) in [5, 5.41) is 2.91. The number of carbonyl (C=O) groups is 1. The molecule has 0 radical (unpaired) electrons. The van der Waals surface area contributed by atoms with Crippen molar-refractivity contribution in [2.75, 3.05) is 0 Å². The van der Waals surface area contributed by atoms with Crippen LogP contribution in [0, 0.1) is 5.82 Å². The van der Waals surface area contributed by atoms with Gasteiger partial charge in [-0.2, -0.15) is 0 Å². The normalized spacial score (nSPS) is 12.7. The lowest BCUT2D eigenvalue weighted by molar-refractivity contribution is -0.123. The summed E-state index contributed by atoms with van der Waals surface area (Å²) in [6.45, 7) is 3.68. The Hall–Kier alpha value is -2.20. The number of hydrogen-bond donors (Lipinski definition) is 2. The number of carbonyl (C=O) groups excluding carboxylic acids is 1. The van der Waals surface area contributed by atoms with Gasteiger partial charge < -0.3 is 11.1 Å². The number of amides is 1. The molecule has 1 atom stereocenters. The van der Waals surface area contributed by atoms with Crippen LogP contribution in [-0.2, 0) is 10.3 Å². The van der Waals surface area contributed by atoms with Crippen molar-refractivity contribution in [3.63, 3.8) is 0 Å². The first kappa shape index (κ1) is 16.2. The molecule has 0 aliphatic rings. The van der Waals surface area contributed by atoms with Crippen molar-refractivity contribution in [1.82, 2.24) is 5.32 Å². The second-order valence-corrected chi connectivity index (χ2v) is 5.90. The highest BCUT2D eigenvalue weighted by molar-refractivity contribution is 5.77. The van der Waals surface area contributed by atoms with Gasteiger partial charge in [0.2, 0.25) is 5.91 Å². The van der Waals surface area contributed by atoms with Crippen LogP contribution in [0.3, 0.4) is 0 Å². The molecule has 3 nitrogen and oxygen atoms in total. The molecule has 2 aromatic carbocycles. The SMILES string of the molecule is CC(C)(NC(=O)C[C@H](N)c1ccccc1)c1cccc(F)c1. The van der Waals surface area contributed by atoms with Crippen LogP contribution >= 0.6 is 0 Å². The van der Waals surface area contributed by atoms with Gasteiger partial charge in [0.25, 0.3) is 0 Å². The molecule has 4 heteroatoms. The summed E-state index contributed by atoms with van der Waals surface area (Å²) in [6, 6.07) is 15.4. The predicted molar refractivity (Wildman–Crippen MR) is 85.6 cm³/mol. The van der Waals surface area contributed by atoms with Gasteiger partial charge in [0, 0.05) is 12.5 Å². The molecule has 3 N–H and O–H groups in total. The topological polar surface area (TPSA) is 55.1 Å². The average Bonchev–Trinajstić information content (AvgIpc) is 2.47. The quantitative estimate of drug-likeness (QED) is 0.890. The number of nitrogens with two attached hydrogens (primary N) is 1. The van der Waals surface area contributed by atoms with E-state index in [2.05, 4.69) is 5.32 Å². The molecule has 0 aliphatic heterocycles. The van der Waals surface area contributed by atoms with Crippen LogP contribution in [0.4, 0.5) is 4.39 Å². The van der Waals surface area contributed by atoms with E-state index < -0.39 is 5.54 Å². The van der Waals surface area contributed by atoms with Gasteiger partial charge in [0.1, 0.15) is 5.82 Å². The van der Waals surface area contributed by atoms with E-state index in [0.29, 0.717) is 5.56 Å². The zero-order valence-electron chi connectivity index (χ0n) is 12.8. The number of halogens is 1. The molecule has 0 spiro atoms. The molecule has 0 saturated heterocycles. The fourth-order valence-corrected chi connectivity index (χ4v) is 2.37. The van der Waals surface area contributed by atoms with Crippen LogP contribution in [-0.4, -0.2) is 5.91 Å². The van der Waals surface area contributed by atoms with Crippen molar-refractivity contribution < 1.29 is 9.18 Å². The second kappa shape index (κ2) is 6.71. The lowest BCUT2D eigenvalue weighted by Gasteiger charge is -2.27. The van der Waals surface area contributed by atoms with Crippen molar-refractivity contribution in [2.45, 2.75) is 31.8 Å². The molecule has 0 unspecified atom stereocenters. The van der Waals surface area contributed by atoms with Gasteiger partial charge in [-0.1, -0.05) is 42.5 Å². The molecule has 2 rings (SSSR count). The number of hydrogen-bond acceptors (Lipinski definition) is 2. The Kier molecular flexibility index (Phi) is 4.93. The van der Waals surface area contributed by atoms with Gasteiger partial charge >= 0.3 is 0 Å². The van der Waals surface area contributed by atoms with E-state index in [1.807, 2.05) is 44.2 Å². The minimum Gasteiger partial charge on any atom is -0.347 e. The van der Waals surface area contributed by atoms with E-state index in [1.54, 1.807) is 12.1 Å². The Balaban J connectivity index is 2.02. The van der Waals surface area contributed by atoms with Gasteiger partial charge in [-0.05, 0) is 37.1 Å². The Labute approximate surface area is 130 Å². The van der Waals surface area contributed by atoms with Crippen molar-refractivity contribution in [1.29, 1.82) is 0 Å². The first-order chi connectivity index (χ1) is 10.4. The summed E-state index contributed by atoms with van der Waals surface area (Å²) >= 11 is 0. The highest BCUT2D eigenvalue weighted by atomic mass is 19.1. The van der Waals surface area contributed by atoms with Crippen LogP contribution in [0.15, 0.2) is 54.6 Å². The van der Waals surface area contributed by atoms with E-state index in [-0.39, 0.29) is 24.2 Å². The van der Waals surface area contributed by atoms with Crippen LogP contribution in [0.2, 0.25) is 0 Å². The zero-order chi connectivity index (χ0) is 16.2. The molecular formula is C18H21FN2O. The maximum atomic E-state index is 13.3. The molecule has 0 aliphatic carbocycles. The summed E-state index contributed by atoms with van der Waals surface area (Å²) in [7, 11) is 0. The smallest absolute Gasteiger partial charge is 0.222 e. The Morgan fingerprint density at radius 2 is 1.86 bits per heavy atom. The fraction of sp³-hybridized carbons (Fsp3) is 0.278. The maximum Gasteiger partial charge on any atom is 0.222 e. The Bertz CT molecular complexity index is 641. The molecule has 0 fully saturated rings. The molecule has 0 aromatic heterocycles. The third kappa shape index (κ3) is 4.15. The largest absolute Gasteiger partial charge is 0.347 e. The second-order valence-electron chi connectivity index (χ2n) is 5.90. The summed E-state index contributed by atoms with van der Waals surface area (Å²) in [6.07, 6.45) is 0.183. The molecule has 22 heavy (non-hydrogen) atoms. The van der Waals surface area contributed by atoms with Gasteiger partial charge in [-0.25, -0.2) is 4.39 Å². The zero-order valence-corrected chi connectivity index (χ0v) is 12.8. The molecule has 0 heterocycles. The highest BCUT2D eigenvalue weighted by Crippen LogP contribution is 2.22. The first-order valence-corrected chi connectivity index (χ1v) is 7.26. The van der Waals surface area contributed by atoms with Crippen LogP contribution in [0.1, 0.15) is 37.4 Å². The van der Waals surface area contributed by atoms with Gasteiger partial charge in [0.05, 0.1) is 5.54 Å². The van der Waals surface area contributed by atoms with E-state index in [1.165, 1.54) is 12.1 Å². The predicted octanol–water partition coefficient (Wildman–Crippen LogP) is 3.27. The van der Waals surface area contributed by atoms with E-state index >= 15 is 0 Å². The van der Waals surface area contributed by atoms with Crippen molar-refractivity contribution in [3.8, 4) is 0 Å². The summed E-state index contributed by atoms with van der Waals surface area (Å²) in [5.74, 6) is -0.480. The average molecular weight is 300 g/mol. The molecule has 0 bridgehead atoms. The van der Waals surface area contributed by atoms with Crippen LogP contribution in [0.25, 0.3) is 0 Å². The highest BCUT2D eigenvalue weighted by Gasteiger charge is 2.24. The minimum absolute atomic E-state index is 0.161. The van der Waals surface area contributed by atoms with Gasteiger partial charge in [-0.3, -0.25) is 4.79 Å². The molecule has 0 saturated carbocycles.